The zero-order valence-electron chi connectivity index (χ0n) is 15.5. The molecule has 1 saturated heterocycles. The molecule has 2 aliphatic heterocycles. The third-order valence-corrected chi connectivity index (χ3v) is 5.32. The number of nitrogens with zero attached hydrogens (tertiary/aromatic N) is 3. The first-order chi connectivity index (χ1) is 13.0. The maximum atomic E-state index is 12.9. The minimum absolute atomic E-state index is 0.0637. The number of piperidine rings is 1. The number of benzene rings is 1. The van der Waals surface area contributed by atoms with Gasteiger partial charge >= 0.3 is 0 Å². The van der Waals surface area contributed by atoms with E-state index in [2.05, 4.69) is 10.3 Å². The summed E-state index contributed by atoms with van der Waals surface area (Å²) >= 11 is 0. The predicted octanol–water partition coefficient (Wildman–Crippen LogP) is 1.39. The number of nitrogens with one attached hydrogen (secondary N) is 1. The van der Waals surface area contributed by atoms with Crippen LogP contribution in [0.4, 0.5) is 5.69 Å². The van der Waals surface area contributed by atoms with Gasteiger partial charge in [0.05, 0.1) is 0 Å². The van der Waals surface area contributed by atoms with Gasteiger partial charge in [0.2, 0.25) is 5.91 Å². The van der Waals surface area contributed by atoms with E-state index in [-0.39, 0.29) is 17.9 Å². The van der Waals surface area contributed by atoms with Gasteiger partial charge in [-0.3, -0.25) is 9.59 Å². The molecule has 27 heavy (non-hydrogen) atoms. The molecule has 7 nitrogen and oxygen atoms in total. The summed E-state index contributed by atoms with van der Waals surface area (Å²) in [7, 11) is 0. The van der Waals surface area contributed by atoms with Crippen molar-refractivity contribution in [1.29, 1.82) is 0 Å². The number of hydrogen-bond acceptors (Lipinski definition) is 4. The summed E-state index contributed by atoms with van der Waals surface area (Å²) < 4.78 is 1.95. The quantitative estimate of drug-likeness (QED) is 0.857. The molecule has 0 radical (unpaired) electrons. The van der Waals surface area contributed by atoms with Crippen molar-refractivity contribution in [2.75, 3.05) is 11.4 Å². The molecule has 1 fully saturated rings. The molecule has 0 spiro atoms. The number of anilines is 1. The Morgan fingerprint density at radius 2 is 2.19 bits per heavy atom. The van der Waals surface area contributed by atoms with E-state index in [0.717, 1.165) is 36.3 Å². The van der Waals surface area contributed by atoms with Gasteiger partial charge in [0.25, 0.3) is 5.91 Å². The van der Waals surface area contributed by atoms with Crippen molar-refractivity contribution in [3.05, 3.63) is 47.5 Å². The number of carbonyl (C=O) groups is 2. The molecular weight excluding hydrogens is 342 g/mol. The average molecular weight is 367 g/mol. The molecule has 2 unspecified atom stereocenters. The molecule has 2 amide bonds. The van der Waals surface area contributed by atoms with Gasteiger partial charge in [0, 0.05) is 37.4 Å². The Morgan fingerprint density at radius 3 is 3.00 bits per heavy atom. The SMILES string of the molecule is Cc1cccc(N2CCCC(NC(=O)c3cn4c(n3)CCC(N)C4)C2=O)c1. The Bertz CT molecular complexity index is 875. The Morgan fingerprint density at radius 1 is 1.33 bits per heavy atom. The van der Waals surface area contributed by atoms with Crippen LogP contribution in [0.25, 0.3) is 0 Å². The second-order valence-corrected chi connectivity index (χ2v) is 7.49. The number of carbonyl (C=O) groups excluding carboxylic acids is 2. The van der Waals surface area contributed by atoms with Gasteiger partial charge in [0.15, 0.2) is 0 Å². The minimum atomic E-state index is -0.521. The Kier molecular flexibility index (Phi) is 4.70. The lowest BCUT2D eigenvalue weighted by Crippen LogP contribution is -2.52. The number of hydrogen-bond donors (Lipinski definition) is 2. The summed E-state index contributed by atoms with van der Waals surface area (Å²) in [6.07, 6.45) is 4.89. The Hall–Kier alpha value is -2.67. The lowest BCUT2D eigenvalue weighted by atomic mass is 10.0. The van der Waals surface area contributed by atoms with Crippen LogP contribution in [-0.2, 0) is 17.8 Å². The summed E-state index contributed by atoms with van der Waals surface area (Å²) in [5.41, 5.74) is 8.33. The highest BCUT2D eigenvalue weighted by Gasteiger charge is 2.32. The number of aryl methyl sites for hydroxylation is 2. The van der Waals surface area contributed by atoms with E-state index >= 15 is 0 Å². The number of amides is 2. The molecule has 3 N–H and O–H groups in total. The van der Waals surface area contributed by atoms with E-state index in [0.29, 0.717) is 25.2 Å². The van der Waals surface area contributed by atoms with E-state index in [1.165, 1.54) is 0 Å². The van der Waals surface area contributed by atoms with Crippen LogP contribution in [0.1, 0.15) is 41.1 Å². The van der Waals surface area contributed by atoms with Crippen LogP contribution < -0.4 is 16.0 Å². The first kappa shape index (κ1) is 17.7. The molecule has 2 aromatic rings. The van der Waals surface area contributed by atoms with Gasteiger partial charge in [-0.1, -0.05) is 12.1 Å². The third kappa shape index (κ3) is 3.60. The fraction of sp³-hybridized carbons (Fsp3) is 0.450. The zero-order chi connectivity index (χ0) is 19.0. The van der Waals surface area contributed by atoms with Crippen LogP contribution in [-0.4, -0.2) is 40.0 Å². The second kappa shape index (κ2) is 7.15. The zero-order valence-corrected chi connectivity index (χ0v) is 15.5. The number of imidazole rings is 1. The van der Waals surface area contributed by atoms with E-state index in [1.54, 1.807) is 11.1 Å². The van der Waals surface area contributed by atoms with Gasteiger partial charge in [-0.15, -0.1) is 0 Å². The maximum absolute atomic E-state index is 12.9. The first-order valence-electron chi connectivity index (χ1n) is 9.52. The number of aromatic nitrogens is 2. The van der Waals surface area contributed by atoms with Crippen molar-refractivity contribution in [2.24, 2.45) is 5.73 Å². The molecule has 0 aliphatic carbocycles. The third-order valence-electron chi connectivity index (χ3n) is 5.32. The molecule has 1 aromatic carbocycles. The van der Waals surface area contributed by atoms with E-state index in [1.807, 2.05) is 35.8 Å². The van der Waals surface area contributed by atoms with Gasteiger partial charge in [-0.05, 0) is 43.9 Å². The molecule has 1 aromatic heterocycles. The topological polar surface area (TPSA) is 93.2 Å². The number of fused-ring (bicyclic) bond motifs is 1. The first-order valence-corrected chi connectivity index (χ1v) is 9.52. The predicted molar refractivity (Wildman–Crippen MR) is 103 cm³/mol. The molecular formula is C20H25N5O2. The van der Waals surface area contributed by atoms with Crippen molar-refractivity contribution in [3.8, 4) is 0 Å². The van der Waals surface area contributed by atoms with Gasteiger partial charge in [-0.2, -0.15) is 0 Å². The molecule has 0 bridgehead atoms. The van der Waals surface area contributed by atoms with Crippen LogP contribution in [0.3, 0.4) is 0 Å². The van der Waals surface area contributed by atoms with Gasteiger partial charge in [0.1, 0.15) is 17.6 Å². The molecule has 0 saturated carbocycles. The molecule has 3 heterocycles. The van der Waals surface area contributed by atoms with Gasteiger partial charge < -0.3 is 20.5 Å². The highest BCUT2D eigenvalue weighted by atomic mass is 16.2. The van der Waals surface area contributed by atoms with Crippen LogP contribution in [0.2, 0.25) is 0 Å². The maximum Gasteiger partial charge on any atom is 0.272 e. The molecule has 7 heteroatoms. The number of rotatable bonds is 3. The van der Waals surface area contributed by atoms with Crippen LogP contribution in [0.5, 0.6) is 0 Å². The molecule has 2 aliphatic rings. The molecule has 4 rings (SSSR count). The summed E-state index contributed by atoms with van der Waals surface area (Å²) in [4.78, 5) is 31.8. The summed E-state index contributed by atoms with van der Waals surface area (Å²) in [5.74, 6) is 0.527. The normalized spacial score (nSPS) is 22.4. The van der Waals surface area contributed by atoms with Crippen molar-refractivity contribution in [3.63, 3.8) is 0 Å². The summed E-state index contributed by atoms with van der Waals surface area (Å²) in [6, 6.07) is 7.46. The lowest BCUT2D eigenvalue weighted by molar-refractivity contribution is -0.121. The molecule has 142 valence electrons. The largest absolute Gasteiger partial charge is 0.339 e. The molecule has 2 atom stereocenters. The van der Waals surface area contributed by atoms with Crippen molar-refractivity contribution in [1.82, 2.24) is 14.9 Å². The summed E-state index contributed by atoms with van der Waals surface area (Å²) in [5, 5.41) is 2.88. The highest BCUT2D eigenvalue weighted by Crippen LogP contribution is 2.22. The van der Waals surface area contributed by atoms with Crippen molar-refractivity contribution < 1.29 is 9.59 Å². The van der Waals surface area contributed by atoms with Crippen molar-refractivity contribution >= 4 is 17.5 Å². The second-order valence-electron chi connectivity index (χ2n) is 7.49. The Labute approximate surface area is 158 Å². The smallest absolute Gasteiger partial charge is 0.272 e. The minimum Gasteiger partial charge on any atom is -0.339 e. The standard InChI is InChI=1S/C20H25N5O2/c1-13-4-2-5-15(10-13)25-9-3-6-16(20(25)27)23-19(26)17-12-24-11-14(21)7-8-18(24)22-17/h2,4-5,10,12,14,16H,3,6-9,11,21H2,1H3,(H,23,26). The number of nitrogens with two attached hydrogens (primary N) is 1. The van der Waals surface area contributed by atoms with Crippen LogP contribution in [0, 0.1) is 6.92 Å². The van der Waals surface area contributed by atoms with E-state index in [9.17, 15) is 9.59 Å². The van der Waals surface area contributed by atoms with E-state index < -0.39 is 6.04 Å². The summed E-state index contributed by atoms with van der Waals surface area (Å²) in [6.45, 7) is 3.36. The van der Waals surface area contributed by atoms with E-state index in [4.69, 9.17) is 5.73 Å². The fourth-order valence-electron chi connectivity index (χ4n) is 3.87. The Balaban J connectivity index is 1.47. The van der Waals surface area contributed by atoms with Crippen LogP contribution in [0.15, 0.2) is 30.5 Å². The van der Waals surface area contributed by atoms with Gasteiger partial charge in [-0.25, -0.2) is 4.98 Å². The fourth-order valence-corrected chi connectivity index (χ4v) is 3.87. The lowest BCUT2D eigenvalue weighted by Gasteiger charge is -2.32. The highest BCUT2D eigenvalue weighted by molar-refractivity contribution is 6.02. The van der Waals surface area contributed by atoms with Crippen LogP contribution >= 0.6 is 0 Å². The van der Waals surface area contributed by atoms with Crippen molar-refractivity contribution in [2.45, 2.75) is 51.2 Å². The average Bonchev–Trinajstić information content (AvgIpc) is 3.06. The monoisotopic (exact) mass is 367 g/mol.